The fourth-order valence-electron chi connectivity index (χ4n) is 2.95. The van der Waals surface area contributed by atoms with Crippen LogP contribution in [0.5, 0.6) is 0 Å². The summed E-state index contributed by atoms with van der Waals surface area (Å²) in [6, 6.07) is 5.63. The van der Waals surface area contributed by atoms with Crippen LogP contribution in [0, 0.1) is 5.82 Å². The van der Waals surface area contributed by atoms with Crippen LogP contribution in [0.1, 0.15) is 42.3 Å². The van der Waals surface area contributed by atoms with Gasteiger partial charge in [0, 0.05) is 19.0 Å². The summed E-state index contributed by atoms with van der Waals surface area (Å²) >= 11 is 0. The van der Waals surface area contributed by atoms with Gasteiger partial charge in [0.1, 0.15) is 11.6 Å². The van der Waals surface area contributed by atoms with Crippen molar-refractivity contribution in [2.24, 2.45) is 0 Å². The van der Waals surface area contributed by atoms with Crippen LogP contribution in [0.25, 0.3) is 0 Å². The number of aromatic nitrogens is 1. The van der Waals surface area contributed by atoms with Crippen LogP contribution < -0.4 is 0 Å². The van der Waals surface area contributed by atoms with E-state index in [4.69, 9.17) is 4.42 Å². The molecule has 0 bridgehead atoms. The Bertz CT molecular complexity index is 736. The minimum atomic E-state index is -3.46. The maximum atomic E-state index is 13.0. The molecule has 1 aliphatic rings. The Morgan fingerprint density at radius 3 is 2.48 bits per heavy atom. The number of benzene rings is 1. The number of halogens is 1. The predicted molar refractivity (Wildman–Crippen MR) is 83.8 cm³/mol. The van der Waals surface area contributed by atoms with Gasteiger partial charge in [-0.3, -0.25) is 0 Å². The second-order valence-electron chi connectivity index (χ2n) is 5.82. The summed E-state index contributed by atoms with van der Waals surface area (Å²) in [5.74, 6) is 0.657. The van der Waals surface area contributed by atoms with Crippen LogP contribution in [0.15, 0.2) is 41.3 Å². The number of piperidine rings is 1. The molecule has 1 fully saturated rings. The molecule has 2 heterocycles. The van der Waals surface area contributed by atoms with Crippen molar-refractivity contribution >= 4 is 10.0 Å². The van der Waals surface area contributed by atoms with Crippen molar-refractivity contribution in [2.75, 3.05) is 13.1 Å². The van der Waals surface area contributed by atoms with Gasteiger partial charge in [-0.05, 0) is 37.5 Å². The Kier molecular flexibility index (Phi) is 4.50. The molecular formula is C16H19FN2O3S. The van der Waals surface area contributed by atoms with Crippen molar-refractivity contribution in [1.29, 1.82) is 0 Å². The summed E-state index contributed by atoms with van der Waals surface area (Å²) in [5.41, 5.74) is 0.601. The third-order valence-corrected chi connectivity index (χ3v) is 6.70. The van der Waals surface area contributed by atoms with Gasteiger partial charge in [-0.2, -0.15) is 0 Å². The maximum absolute atomic E-state index is 13.0. The number of hydrogen-bond acceptors (Lipinski definition) is 4. The zero-order valence-electron chi connectivity index (χ0n) is 12.9. The minimum absolute atomic E-state index is 0.213. The van der Waals surface area contributed by atoms with E-state index >= 15 is 0 Å². The van der Waals surface area contributed by atoms with Gasteiger partial charge in [-0.15, -0.1) is 0 Å². The Morgan fingerprint density at radius 2 is 1.91 bits per heavy atom. The van der Waals surface area contributed by atoms with Crippen molar-refractivity contribution in [1.82, 2.24) is 9.29 Å². The molecule has 124 valence electrons. The highest BCUT2D eigenvalue weighted by Crippen LogP contribution is 2.32. The molecule has 0 spiro atoms. The average molecular weight is 338 g/mol. The number of rotatable bonds is 4. The van der Waals surface area contributed by atoms with E-state index in [1.165, 1.54) is 35.0 Å². The molecule has 0 aliphatic carbocycles. The van der Waals surface area contributed by atoms with Gasteiger partial charge < -0.3 is 4.42 Å². The fraction of sp³-hybridized carbons (Fsp3) is 0.438. The van der Waals surface area contributed by atoms with Gasteiger partial charge in [-0.1, -0.05) is 12.1 Å². The third-order valence-electron chi connectivity index (χ3n) is 4.45. The molecule has 1 aliphatic heterocycles. The lowest BCUT2D eigenvalue weighted by atomic mass is 9.96. The quantitative estimate of drug-likeness (QED) is 0.859. The van der Waals surface area contributed by atoms with Gasteiger partial charge in [0.05, 0.1) is 11.4 Å². The number of sulfonamides is 1. The Morgan fingerprint density at radius 1 is 1.26 bits per heavy atom. The first-order valence-electron chi connectivity index (χ1n) is 7.61. The molecule has 23 heavy (non-hydrogen) atoms. The molecule has 2 aromatic rings. The lowest BCUT2D eigenvalue weighted by molar-refractivity contribution is 0.293. The first kappa shape index (κ1) is 16.1. The van der Waals surface area contributed by atoms with Crippen LogP contribution >= 0.6 is 0 Å². The fourth-order valence-corrected chi connectivity index (χ4v) is 4.62. The van der Waals surface area contributed by atoms with E-state index in [2.05, 4.69) is 4.98 Å². The van der Waals surface area contributed by atoms with Gasteiger partial charge in [0.2, 0.25) is 10.0 Å². The van der Waals surface area contributed by atoms with E-state index in [-0.39, 0.29) is 11.7 Å². The van der Waals surface area contributed by atoms with Gasteiger partial charge in [0.15, 0.2) is 6.39 Å². The lowest BCUT2D eigenvalue weighted by Gasteiger charge is -2.32. The standard InChI is InChI=1S/C16H19FN2O3S/c1-12(13-2-4-15(17)5-3-13)23(20,21)19-8-6-14(7-9-19)16-10-18-11-22-16/h2-5,10-12,14H,6-9H2,1H3. The summed E-state index contributed by atoms with van der Waals surface area (Å²) in [4.78, 5) is 3.91. The Balaban J connectivity index is 1.70. The van der Waals surface area contributed by atoms with Crippen molar-refractivity contribution in [3.8, 4) is 0 Å². The zero-order chi connectivity index (χ0) is 16.4. The van der Waals surface area contributed by atoms with Gasteiger partial charge in [-0.25, -0.2) is 22.1 Å². The zero-order valence-corrected chi connectivity index (χ0v) is 13.7. The minimum Gasteiger partial charge on any atom is -0.448 e. The van der Waals surface area contributed by atoms with E-state index in [1.807, 2.05) is 0 Å². The molecule has 3 rings (SSSR count). The number of hydrogen-bond donors (Lipinski definition) is 0. The highest BCUT2D eigenvalue weighted by Gasteiger charge is 2.34. The van der Waals surface area contributed by atoms with E-state index in [0.29, 0.717) is 31.5 Å². The smallest absolute Gasteiger partial charge is 0.220 e. The largest absolute Gasteiger partial charge is 0.448 e. The highest BCUT2D eigenvalue weighted by molar-refractivity contribution is 7.89. The second-order valence-corrected chi connectivity index (χ2v) is 8.07. The first-order valence-corrected chi connectivity index (χ1v) is 9.11. The Hall–Kier alpha value is -1.73. The van der Waals surface area contributed by atoms with Crippen LogP contribution in [0.4, 0.5) is 4.39 Å². The summed E-state index contributed by atoms with van der Waals surface area (Å²) < 4.78 is 45.4. The first-order chi connectivity index (χ1) is 11.0. The molecule has 7 heteroatoms. The SMILES string of the molecule is CC(c1ccc(F)cc1)S(=O)(=O)N1CCC(c2cnco2)CC1. The summed E-state index contributed by atoms with van der Waals surface area (Å²) in [6.07, 6.45) is 4.51. The van der Waals surface area contributed by atoms with E-state index in [0.717, 1.165) is 5.76 Å². The third kappa shape index (κ3) is 3.30. The highest BCUT2D eigenvalue weighted by atomic mass is 32.2. The number of oxazole rings is 1. The number of nitrogens with zero attached hydrogens (tertiary/aromatic N) is 2. The van der Waals surface area contributed by atoms with Crippen LogP contribution in [-0.4, -0.2) is 30.8 Å². The lowest BCUT2D eigenvalue weighted by Crippen LogP contribution is -2.39. The molecule has 0 amide bonds. The van der Waals surface area contributed by atoms with Crippen LogP contribution in [0.2, 0.25) is 0 Å². The molecule has 5 nitrogen and oxygen atoms in total. The van der Waals surface area contributed by atoms with E-state index in [1.54, 1.807) is 13.1 Å². The molecular weight excluding hydrogens is 319 g/mol. The topological polar surface area (TPSA) is 63.4 Å². The molecule has 0 radical (unpaired) electrons. The van der Waals surface area contributed by atoms with Crippen LogP contribution in [-0.2, 0) is 10.0 Å². The van der Waals surface area contributed by atoms with Crippen molar-refractivity contribution in [3.63, 3.8) is 0 Å². The van der Waals surface area contributed by atoms with Gasteiger partial charge >= 0.3 is 0 Å². The Labute approximate surface area is 135 Å². The molecule has 0 saturated carbocycles. The van der Waals surface area contributed by atoms with Crippen molar-refractivity contribution < 1.29 is 17.2 Å². The van der Waals surface area contributed by atoms with E-state index in [9.17, 15) is 12.8 Å². The van der Waals surface area contributed by atoms with Crippen molar-refractivity contribution in [3.05, 3.63) is 54.0 Å². The average Bonchev–Trinajstić information content (AvgIpc) is 3.09. The molecule has 1 saturated heterocycles. The van der Waals surface area contributed by atoms with Gasteiger partial charge in [0.25, 0.3) is 0 Å². The summed E-state index contributed by atoms with van der Waals surface area (Å²) in [5, 5.41) is -0.690. The summed E-state index contributed by atoms with van der Waals surface area (Å²) in [6.45, 7) is 2.56. The van der Waals surface area contributed by atoms with E-state index < -0.39 is 15.3 Å². The normalized spacial score (nSPS) is 18.9. The molecule has 0 N–H and O–H groups in total. The second kappa shape index (κ2) is 6.41. The molecule has 1 atom stereocenters. The molecule has 1 unspecified atom stereocenters. The predicted octanol–water partition coefficient (Wildman–Crippen LogP) is 3.08. The maximum Gasteiger partial charge on any atom is 0.220 e. The molecule has 1 aromatic heterocycles. The monoisotopic (exact) mass is 338 g/mol. The molecule has 1 aromatic carbocycles. The summed E-state index contributed by atoms with van der Waals surface area (Å²) in [7, 11) is -3.46. The van der Waals surface area contributed by atoms with Crippen molar-refractivity contribution in [2.45, 2.75) is 30.9 Å². The van der Waals surface area contributed by atoms with Crippen LogP contribution in [0.3, 0.4) is 0 Å².